The number of anilines is 1. The summed E-state index contributed by atoms with van der Waals surface area (Å²) in [5.74, 6) is 0.213. The molecule has 5 nitrogen and oxygen atoms in total. The number of halogens is 3. The lowest BCUT2D eigenvalue weighted by Gasteiger charge is -2.04. The topological polar surface area (TPSA) is 77.3 Å². The smallest absolute Gasteiger partial charge is 0.197 e. The SMILES string of the molecule is Nc1nonc1/C(Cc1ccc(Cl)c(Cl)c1)=N/I. The summed E-state index contributed by atoms with van der Waals surface area (Å²) in [4.78, 5) is 0. The van der Waals surface area contributed by atoms with E-state index in [9.17, 15) is 0 Å². The minimum Gasteiger partial charge on any atom is -0.379 e. The predicted molar refractivity (Wildman–Crippen MR) is 79.4 cm³/mol. The van der Waals surface area contributed by atoms with Crippen LogP contribution in [0, 0.1) is 0 Å². The molecule has 0 aliphatic carbocycles. The van der Waals surface area contributed by atoms with Crippen molar-refractivity contribution in [1.29, 1.82) is 0 Å². The van der Waals surface area contributed by atoms with Crippen molar-refractivity contribution in [3.63, 3.8) is 0 Å². The van der Waals surface area contributed by atoms with E-state index in [1.54, 1.807) is 12.1 Å². The van der Waals surface area contributed by atoms with Crippen LogP contribution in [0.1, 0.15) is 11.3 Å². The highest BCUT2D eigenvalue weighted by Gasteiger charge is 2.14. The third kappa shape index (κ3) is 2.93. The maximum Gasteiger partial charge on any atom is 0.197 e. The van der Waals surface area contributed by atoms with Gasteiger partial charge in [0.2, 0.25) is 0 Å². The average molecular weight is 397 g/mol. The normalized spacial score (nSPS) is 11.8. The molecule has 0 bridgehead atoms. The van der Waals surface area contributed by atoms with Gasteiger partial charge in [-0.15, -0.1) is 0 Å². The minimum absolute atomic E-state index is 0.213. The Morgan fingerprint density at radius 1 is 1.33 bits per heavy atom. The average Bonchev–Trinajstić information content (AvgIpc) is 2.77. The van der Waals surface area contributed by atoms with Gasteiger partial charge in [-0.05, 0) is 28.0 Å². The van der Waals surface area contributed by atoms with Crippen LogP contribution in [0.3, 0.4) is 0 Å². The molecule has 0 amide bonds. The molecule has 0 saturated carbocycles. The van der Waals surface area contributed by atoms with E-state index in [0.29, 0.717) is 27.9 Å². The van der Waals surface area contributed by atoms with Gasteiger partial charge in [0.05, 0.1) is 38.6 Å². The van der Waals surface area contributed by atoms with Gasteiger partial charge in [-0.1, -0.05) is 29.3 Å². The summed E-state index contributed by atoms with van der Waals surface area (Å²) in [6.45, 7) is 0. The van der Waals surface area contributed by atoms with Gasteiger partial charge in [0, 0.05) is 6.42 Å². The van der Waals surface area contributed by atoms with Crippen LogP contribution >= 0.6 is 46.1 Å². The van der Waals surface area contributed by atoms with Gasteiger partial charge in [0.25, 0.3) is 0 Å². The van der Waals surface area contributed by atoms with E-state index in [0.717, 1.165) is 5.56 Å². The molecule has 8 heteroatoms. The number of rotatable bonds is 3. The molecule has 1 heterocycles. The van der Waals surface area contributed by atoms with Gasteiger partial charge in [-0.2, -0.15) is 0 Å². The highest BCUT2D eigenvalue weighted by atomic mass is 127. The Morgan fingerprint density at radius 2 is 2.11 bits per heavy atom. The molecule has 0 unspecified atom stereocenters. The Labute approximate surface area is 127 Å². The number of aromatic nitrogens is 2. The standard InChI is InChI=1S/C10H7Cl2IN4O/c11-6-2-1-5(3-7(6)12)4-8(15-13)9-10(14)17-18-16-9/h1-3H,4H2,(H2,14,17)/b15-8+. The van der Waals surface area contributed by atoms with Gasteiger partial charge < -0.3 is 5.73 Å². The van der Waals surface area contributed by atoms with E-state index >= 15 is 0 Å². The molecule has 0 aliphatic heterocycles. The first kappa shape index (κ1) is 13.6. The van der Waals surface area contributed by atoms with E-state index < -0.39 is 0 Å². The van der Waals surface area contributed by atoms with E-state index in [4.69, 9.17) is 28.9 Å². The summed E-state index contributed by atoms with van der Waals surface area (Å²) in [6.07, 6.45) is 0.512. The first-order chi connectivity index (χ1) is 8.61. The van der Waals surface area contributed by atoms with E-state index in [1.807, 2.05) is 28.9 Å². The molecule has 1 aromatic carbocycles. The molecule has 0 atom stereocenters. The fraction of sp³-hybridized carbons (Fsp3) is 0.100. The Bertz CT molecular complexity index is 599. The van der Waals surface area contributed by atoms with E-state index in [-0.39, 0.29) is 5.82 Å². The zero-order chi connectivity index (χ0) is 13.1. The van der Waals surface area contributed by atoms with Crippen molar-refractivity contribution in [1.82, 2.24) is 10.3 Å². The number of nitrogens with two attached hydrogens (primary N) is 1. The third-order valence-electron chi connectivity index (χ3n) is 2.24. The van der Waals surface area contributed by atoms with Gasteiger partial charge >= 0.3 is 0 Å². The summed E-state index contributed by atoms with van der Waals surface area (Å²) < 4.78 is 8.66. The molecule has 0 saturated heterocycles. The highest BCUT2D eigenvalue weighted by Crippen LogP contribution is 2.23. The molecule has 2 rings (SSSR count). The number of hydrogen-bond donors (Lipinski definition) is 1. The first-order valence-electron chi connectivity index (χ1n) is 4.82. The van der Waals surface area contributed by atoms with Crippen molar-refractivity contribution >= 4 is 57.6 Å². The summed E-state index contributed by atoms with van der Waals surface area (Å²) in [6, 6.07) is 5.36. The summed E-state index contributed by atoms with van der Waals surface area (Å²) >= 11 is 13.7. The van der Waals surface area contributed by atoms with Crippen LogP contribution in [0.5, 0.6) is 0 Å². The maximum atomic E-state index is 5.95. The second-order valence-electron chi connectivity index (χ2n) is 3.45. The second-order valence-corrected chi connectivity index (χ2v) is 4.75. The first-order valence-corrected chi connectivity index (χ1v) is 6.54. The fourth-order valence-electron chi connectivity index (χ4n) is 1.39. The molecule has 1 aromatic heterocycles. The molecule has 0 aliphatic rings. The van der Waals surface area contributed by atoms with Crippen LogP contribution in [-0.2, 0) is 6.42 Å². The molecule has 0 fully saturated rings. The van der Waals surface area contributed by atoms with Crippen molar-refractivity contribution < 1.29 is 4.63 Å². The summed E-state index contributed by atoms with van der Waals surface area (Å²) in [5.41, 5.74) is 7.67. The van der Waals surface area contributed by atoms with E-state index in [2.05, 4.69) is 18.1 Å². The third-order valence-corrected chi connectivity index (χ3v) is 3.57. The van der Waals surface area contributed by atoms with Crippen molar-refractivity contribution in [2.75, 3.05) is 5.73 Å². The van der Waals surface area contributed by atoms with Crippen LogP contribution < -0.4 is 5.73 Å². The Morgan fingerprint density at radius 3 is 2.67 bits per heavy atom. The van der Waals surface area contributed by atoms with Gasteiger partial charge in [-0.3, -0.25) is 0 Å². The van der Waals surface area contributed by atoms with Gasteiger partial charge in [-0.25, -0.2) is 7.83 Å². The minimum atomic E-state index is 0.213. The maximum absolute atomic E-state index is 5.95. The number of benzene rings is 1. The monoisotopic (exact) mass is 396 g/mol. The van der Waals surface area contributed by atoms with E-state index in [1.165, 1.54) is 0 Å². The molecule has 18 heavy (non-hydrogen) atoms. The number of hydrogen-bond acceptors (Lipinski definition) is 5. The van der Waals surface area contributed by atoms with Crippen LogP contribution in [0.15, 0.2) is 26.0 Å². The van der Waals surface area contributed by atoms with Crippen molar-refractivity contribution in [2.45, 2.75) is 6.42 Å². The lowest BCUT2D eigenvalue weighted by Crippen LogP contribution is -2.07. The zero-order valence-corrected chi connectivity index (χ0v) is 12.6. The lowest BCUT2D eigenvalue weighted by molar-refractivity contribution is 0.308. The molecule has 0 radical (unpaired) electrons. The second kappa shape index (κ2) is 5.85. The molecule has 2 aromatic rings. The molecular formula is C10H7Cl2IN4O. The Balaban J connectivity index is 2.27. The van der Waals surface area contributed by atoms with Crippen molar-refractivity contribution in [3.8, 4) is 0 Å². The molecule has 2 N–H and O–H groups in total. The number of nitrogens with zero attached hydrogens (tertiary/aromatic N) is 3. The Hall–Kier alpha value is -0.860. The highest BCUT2D eigenvalue weighted by molar-refractivity contribution is 14.1. The van der Waals surface area contributed by atoms with Crippen molar-refractivity contribution in [3.05, 3.63) is 39.5 Å². The fourth-order valence-corrected chi connectivity index (χ4v) is 2.11. The van der Waals surface area contributed by atoms with Gasteiger partial charge in [0.15, 0.2) is 11.5 Å². The summed E-state index contributed by atoms with van der Waals surface area (Å²) in [7, 11) is 0. The van der Waals surface area contributed by atoms with Crippen LogP contribution in [0.4, 0.5) is 5.82 Å². The molecule has 0 spiro atoms. The van der Waals surface area contributed by atoms with Gasteiger partial charge in [0.1, 0.15) is 0 Å². The lowest BCUT2D eigenvalue weighted by atomic mass is 10.1. The number of nitrogen functional groups attached to an aromatic ring is 1. The molecule has 94 valence electrons. The van der Waals surface area contributed by atoms with Crippen LogP contribution in [0.2, 0.25) is 10.0 Å². The predicted octanol–water partition coefficient (Wildman–Crippen LogP) is 3.34. The zero-order valence-electron chi connectivity index (χ0n) is 8.90. The Kier molecular flexibility index (Phi) is 4.41. The largest absolute Gasteiger partial charge is 0.379 e. The molecular weight excluding hydrogens is 390 g/mol. The van der Waals surface area contributed by atoms with Crippen LogP contribution in [-0.4, -0.2) is 16.0 Å². The quantitative estimate of drug-likeness (QED) is 0.637. The summed E-state index contributed by atoms with van der Waals surface area (Å²) in [5, 5.41) is 8.24. The van der Waals surface area contributed by atoms with Crippen LogP contribution in [0.25, 0.3) is 0 Å². The van der Waals surface area contributed by atoms with Crippen molar-refractivity contribution in [2.24, 2.45) is 3.21 Å².